The van der Waals surface area contributed by atoms with Crippen molar-refractivity contribution >= 4 is 5.78 Å². The molecule has 0 radical (unpaired) electrons. The molecule has 1 heterocycles. The van der Waals surface area contributed by atoms with Crippen molar-refractivity contribution in [2.45, 2.75) is 44.9 Å². The molecule has 0 unspecified atom stereocenters. The van der Waals surface area contributed by atoms with Crippen LogP contribution in [-0.4, -0.2) is 46.7 Å². The summed E-state index contributed by atoms with van der Waals surface area (Å²) in [6.07, 6.45) is 1.34. The van der Waals surface area contributed by atoms with Crippen LogP contribution in [0.5, 0.6) is 0 Å². The Morgan fingerprint density at radius 1 is 1.67 bits per heavy atom. The molecule has 1 aliphatic rings. The molecule has 0 aromatic rings. The molecule has 0 aliphatic carbocycles. The van der Waals surface area contributed by atoms with Crippen LogP contribution in [0.15, 0.2) is 0 Å². The average Bonchev–Trinajstić information content (AvgIpc) is 2.00. The molecule has 15 heavy (non-hydrogen) atoms. The Hall–Kier alpha value is -0.480. The lowest BCUT2D eigenvalue weighted by Crippen LogP contribution is -2.51. The minimum atomic E-state index is -1.35. The van der Waals surface area contributed by atoms with Gasteiger partial charge in [0, 0.05) is 13.1 Å². The van der Waals surface area contributed by atoms with Gasteiger partial charge in [0.05, 0.1) is 0 Å². The molecule has 1 fully saturated rings. The normalized spacial score (nSPS) is 32.3. The summed E-state index contributed by atoms with van der Waals surface area (Å²) in [5, 5.41) is 9.80. The van der Waals surface area contributed by atoms with Gasteiger partial charge in [-0.05, 0) is 40.2 Å². The number of piperidine rings is 1. The molecule has 1 rings (SSSR count). The smallest absolute Gasteiger partial charge is 0.162 e. The van der Waals surface area contributed by atoms with Crippen LogP contribution in [0.3, 0.4) is 0 Å². The molecule has 1 saturated heterocycles. The number of nitrogens with zero attached hydrogens (tertiary/aromatic N) is 1. The summed E-state index contributed by atoms with van der Waals surface area (Å²) in [5.41, 5.74) is -2.54. The van der Waals surface area contributed by atoms with E-state index in [0.29, 0.717) is 13.0 Å². The maximum atomic E-state index is 13.7. The van der Waals surface area contributed by atoms with Gasteiger partial charge in [-0.1, -0.05) is 0 Å². The van der Waals surface area contributed by atoms with Crippen LogP contribution in [0.4, 0.5) is 4.39 Å². The van der Waals surface area contributed by atoms with Gasteiger partial charge in [-0.2, -0.15) is 0 Å². The maximum absolute atomic E-state index is 13.7. The highest BCUT2D eigenvalue weighted by atomic mass is 19.1. The fourth-order valence-corrected chi connectivity index (χ4v) is 1.98. The first-order valence-corrected chi connectivity index (χ1v) is 5.38. The molecule has 0 spiro atoms. The van der Waals surface area contributed by atoms with Crippen LogP contribution in [0, 0.1) is 0 Å². The summed E-state index contributed by atoms with van der Waals surface area (Å²) < 4.78 is 13.7. The van der Waals surface area contributed by atoms with Crippen LogP contribution in [0.2, 0.25) is 0 Å². The molecular formula is C11H20FNO2. The summed E-state index contributed by atoms with van der Waals surface area (Å²) in [6, 6.07) is 0. The first-order valence-electron chi connectivity index (χ1n) is 5.38. The van der Waals surface area contributed by atoms with Crippen LogP contribution < -0.4 is 0 Å². The van der Waals surface area contributed by atoms with Crippen LogP contribution in [0.1, 0.15) is 33.6 Å². The number of halogens is 1. The second kappa shape index (κ2) is 4.18. The van der Waals surface area contributed by atoms with Crippen molar-refractivity contribution in [1.29, 1.82) is 0 Å². The van der Waals surface area contributed by atoms with E-state index in [0.717, 1.165) is 13.0 Å². The topological polar surface area (TPSA) is 40.5 Å². The van der Waals surface area contributed by atoms with Crippen LogP contribution in [0.25, 0.3) is 0 Å². The van der Waals surface area contributed by atoms with Gasteiger partial charge in [-0.15, -0.1) is 0 Å². The Labute approximate surface area is 90.3 Å². The van der Waals surface area contributed by atoms with Gasteiger partial charge >= 0.3 is 0 Å². The number of likely N-dealkylation sites (tertiary alicyclic amines) is 1. The number of ketones is 1. The van der Waals surface area contributed by atoms with Gasteiger partial charge in [0.25, 0.3) is 0 Å². The monoisotopic (exact) mass is 217 g/mol. The molecule has 0 aromatic carbocycles. The van der Waals surface area contributed by atoms with Crippen LogP contribution in [-0.2, 0) is 4.79 Å². The summed E-state index contributed by atoms with van der Waals surface area (Å²) >= 11 is 0. The Morgan fingerprint density at radius 3 is 2.73 bits per heavy atom. The number of alkyl halides is 1. The quantitative estimate of drug-likeness (QED) is 0.771. The van der Waals surface area contributed by atoms with Crippen LogP contribution >= 0.6 is 0 Å². The Kier molecular flexibility index (Phi) is 3.51. The SMILES string of the molecule is CC(=O)[C@@](C)(O)CN1CCC[C@@](C)(F)C1. The molecule has 0 aromatic heterocycles. The van der Waals surface area contributed by atoms with Crippen molar-refractivity contribution in [3.8, 4) is 0 Å². The van der Waals surface area contributed by atoms with Gasteiger partial charge in [0.15, 0.2) is 5.78 Å². The molecule has 88 valence electrons. The first kappa shape index (κ1) is 12.6. The van der Waals surface area contributed by atoms with E-state index in [4.69, 9.17) is 0 Å². The Morgan fingerprint density at radius 2 is 2.27 bits per heavy atom. The minimum absolute atomic E-state index is 0.224. The number of hydrogen-bond acceptors (Lipinski definition) is 3. The molecule has 0 saturated carbocycles. The highest BCUT2D eigenvalue weighted by Gasteiger charge is 2.35. The third-order valence-electron chi connectivity index (χ3n) is 3.02. The van der Waals surface area contributed by atoms with Gasteiger partial charge in [0.2, 0.25) is 0 Å². The van der Waals surface area contributed by atoms with Crippen molar-refractivity contribution in [3.63, 3.8) is 0 Å². The summed E-state index contributed by atoms with van der Waals surface area (Å²) in [7, 11) is 0. The van der Waals surface area contributed by atoms with Gasteiger partial charge in [-0.25, -0.2) is 4.39 Å². The average molecular weight is 217 g/mol. The molecule has 3 nitrogen and oxygen atoms in total. The molecule has 1 N–H and O–H groups in total. The van der Waals surface area contributed by atoms with E-state index in [2.05, 4.69) is 0 Å². The fraction of sp³-hybridized carbons (Fsp3) is 0.909. The van der Waals surface area contributed by atoms with E-state index in [9.17, 15) is 14.3 Å². The van der Waals surface area contributed by atoms with Crippen molar-refractivity contribution in [3.05, 3.63) is 0 Å². The van der Waals surface area contributed by atoms with Gasteiger partial charge in [-0.3, -0.25) is 9.69 Å². The zero-order chi connectivity index (χ0) is 11.7. The summed E-state index contributed by atoms with van der Waals surface area (Å²) in [5.74, 6) is -0.270. The zero-order valence-corrected chi connectivity index (χ0v) is 9.72. The second-order valence-electron chi connectivity index (χ2n) is 5.06. The number of rotatable bonds is 3. The minimum Gasteiger partial charge on any atom is -0.381 e. The number of β-amino-alcohol motifs (C(OH)–C–C–N with tert-alkyl or cyclic N) is 1. The van der Waals surface area contributed by atoms with Crippen molar-refractivity contribution in [2.24, 2.45) is 0 Å². The van der Waals surface area contributed by atoms with E-state index in [1.807, 2.05) is 4.90 Å². The van der Waals surface area contributed by atoms with Gasteiger partial charge in [0.1, 0.15) is 11.3 Å². The van der Waals surface area contributed by atoms with E-state index in [-0.39, 0.29) is 12.3 Å². The molecule has 0 amide bonds. The van der Waals surface area contributed by atoms with E-state index in [1.165, 1.54) is 13.8 Å². The molecule has 4 heteroatoms. The highest BCUT2D eigenvalue weighted by molar-refractivity contribution is 5.84. The fourth-order valence-electron chi connectivity index (χ4n) is 1.98. The number of aliphatic hydroxyl groups is 1. The lowest BCUT2D eigenvalue weighted by atomic mass is 9.94. The van der Waals surface area contributed by atoms with Gasteiger partial charge < -0.3 is 5.11 Å². The first-order chi connectivity index (χ1) is 6.73. The molecule has 2 atom stereocenters. The zero-order valence-electron chi connectivity index (χ0n) is 9.72. The lowest BCUT2D eigenvalue weighted by Gasteiger charge is -2.38. The second-order valence-corrected chi connectivity index (χ2v) is 5.06. The molecule has 0 bridgehead atoms. The number of hydrogen-bond donors (Lipinski definition) is 1. The number of carbonyl (C=O) groups excluding carboxylic acids is 1. The Bertz CT molecular complexity index is 251. The molecular weight excluding hydrogens is 197 g/mol. The summed E-state index contributed by atoms with van der Waals surface area (Å²) in [6.45, 7) is 5.70. The van der Waals surface area contributed by atoms with E-state index in [1.54, 1.807) is 6.92 Å². The summed E-state index contributed by atoms with van der Waals surface area (Å²) in [4.78, 5) is 13.0. The standard InChI is InChI=1S/C11H20FNO2/c1-9(14)11(3,15)8-13-6-4-5-10(2,12)7-13/h15H,4-8H2,1-3H3/t10-,11+/m1/s1. The molecule has 1 aliphatic heterocycles. The maximum Gasteiger partial charge on any atom is 0.162 e. The van der Waals surface area contributed by atoms with Crippen molar-refractivity contribution in [1.82, 2.24) is 4.90 Å². The van der Waals surface area contributed by atoms with E-state index < -0.39 is 11.3 Å². The number of carbonyl (C=O) groups is 1. The third-order valence-corrected chi connectivity index (χ3v) is 3.02. The Balaban J connectivity index is 2.55. The predicted molar refractivity (Wildman–Crippen MR) is 56.5 cm³/mol. The predicted octanol–water partition coefficient (Wildman–Crippen LogP) is 1.15. The van der Waals surface area contributed by atoms with Crippen molar-refractivity contribution < 1.29 is 14.3 Å². The highest BCUT2D eigenvalue weighted by Crippen LogP contribution is 2.25. The number of Topliss-reactive ketones (excluding diaryl/α,β-unsaturated/α-hetero) is 1. The largest absolute Gasteiger partial charge is 0.381 e. The van der Waals surface area contributed by atoms with E-state index >= 15 is 0 Å². The van der Waals surface area contributed by atoms with Crippen molar-refractivity contribution in [2.75, 3.05) is 19.6 Å². The lowest BCUT2D eigenvalue weighted by molar-refractivity contribution is -0.136. The third kappa shape index (κ3) is 3.54.